The standard InChI is InChI=1S/C11H18N2O5/c14-7-5-12(6-8-15)9(16)3-4-13-10(17)1-2-11(13)18/h14-15H,1-8H2. The predicted octanol–water partition coefficient (Wildman–Crippen LogP) is -1.66. The summed E-state index contributed by atoms with van der Waals surface area (Å²) in [6.45, 7) is -0.0208. The Labute approximate surface area is 105 Å². The maximum Gasteiger partial charge on any atom is 0.229 e. The lowest BCUT2D eigenvalue weighted by Crippen LogP contribution is -2.39. The molecule has 0 aromatic heterocycles. The van der Waals surface area contributed by atoms with Crippen molar-refractivity contribution in [3.8, 4) is 0 Å². The van der Waals surface area contributed by atoms with Gasteiger partial charge < -0.3 is 15.1 Å². The molecule has 7 nitrogen and oxygen atoms in total. The first-order valence-corrected chi connectivity index (χ1v) is 5.92. The van der Waals surface area contributed by atoms with E-state index in [-0.39, 0.29) is 69.8 Å². The van der Waals surface area contributed by atoms with Crippen LogP contribution in [-0.4, -0.2) is 70.6 Å². The minimum atomic E-state index is -0.286. The summed E-state index contributed by atoms with van der Waals surface area (Å²) in [5, 5.41) is 17.6. The Morgan fingerprint density at radius 3 is 2.06 bits per heavy atom. The van der Waals surface area contributed by atoms with E-state index in [9.17, 15) is 14.4 Å². The molecule has 0 atom stereocenters. The van der Waals surface area contributed by atoms with Crippen LogP contribution in [0.15, 0.2) is 0 Å². The Morgan fingerprint density at radius 2 is 1.61 bits per heavy atom. The minimum Gasteiger partial charge on any atom is -0.395 e. The van der Waals surface area contributed by atoms with Gasteiger partial charge in [0.05, 0.1) is 13.2 Å². The zero-order valence-electron chi connectivity index (χ0n) is 10.2. The van der Waals surface area contributed by atoms with Crippen molar-refractivity contribution in [2.24, 2.45) is 0 Å². The molecule has 1 heterocycles. The van der Waals surface area contributed by atoms with E-state index in [4.69, 9.17) is 10.2 Å². The number of likely N-dealkylation sites (tertiary alicyclic amines) is 1. The fourth-order valence-corrected chi connectivity index (χ4v) is 1.84. The Morgan fingerprint density at radius 1 is 1.11 bits per heavy atom. The van der Waals surface area contributed by atoms with Crippen molar-refractivity contribution in [1.82, 2.24) is 9.80 Å². The van der Waals surface area contributed by atoms with Crippen LogP contribution in [0, 0.1) is 0 Å². The van der Waals surface area contributed by atoms with Gasteiger partial charge in [0.25, 0.3) is 0 Å². The summed E-state index contributed by atoms with van der Waals surface area (Å²) in [6, 6.07) is 0. The molecule has 2 N–H and O–H groups in total. The number of amides is 3. The molecule has 7 heteroatoms. The summed E-state index contributed by atoms with van der Waals surface area (Å²) in [7, 11) is 0. The molecule has 0 bridgehead atoms. The molecule has 1 aliphatic heterocycles. The van der Waals surface area contributed by atoms with Gasteiger partial charge in [-0.25, -0.2) is 0 Å². The van der Waals surface area contributed by atoms with Crippen molar-refractivity contribution in [3.63, 3.8) is 0 Å². The average molecular weight is 258 g/mol. The maximum atomic E-state index is 11.7. The van der Waals surface area contributed by atoms with Gasteiger partial charge in [-0.15, -0.1) is 0 Å². The lowest BCUT2D eigenvalue weighted by atomic mass is 10.3. The van der Waals surface area contributed by atoms with E-state index in [1.807, 2.05) is 0 Å². The molecule has 0 unspecified atom stereocenters. The number of aliphatic hydroxyl groups is 2. The number of hydrogen-bond acceptors (Lipinski definition) is 5. The number of carbonyl (C=O) groups is 3. The highest BCUT2D eigenvalue weighted by molar-refractivity contribution is 6.02. The fourth-order valence-electron chi connectivity index (χ4n) is 1.84. The van der Waals surface area contributed by atoms with Crippen molar-refractivity contribution >= 4 is 17.7 Å². The molecule has 3 amide bonds. The lowest BCUT2D eigenvalue weighted by Gasteiger charge is -2.22. The summed E-state index contributed by atoms with van der Waals surface area (Å²) in [5.74, 6) is -0.780. The van der Waals surface area contributed by atoms with Gasteiger partial charge in [0.2, 0.25) is 17.7 Å². The van der Waals surface area contributed by atoms with Gasteiger partial charge in [-0.1, -0.05) is 0 Å². The molecule has 1 aliphatic rings. The molecule has 1 saturated heterocycles. The topological polar surface area (TPSA) is 98.2 Å². The number of hydrogen-bond donors (Lipinski definition) is 2. The zero-order valence-corrected chi connectivity index (χ0v) is 10.2. The van der Waals surface area contributed by atoms with Crippen LogP contribution < -0.4 is 0 Å². The molecule has 1 rings (SSSR count). The Hall–Kier alpha value is -1.47. The van der Waals surface area contributed by atoms with E-state index in [0.29, 0.717) is 0 Å². The largest absolute Gasteiger partial charge is 0.395 e. The number of rotatable bonds is 7. The van der Waals surface area contributed by atoms with Crippen molar-refractivity contribution in [2.75, 3.05) is 32.8 Å². The average Bonchev–Trinajstić information content (AvgIpc) is 2.66. The SMILES string of the molecule is O=C(CCN1C(=O)CCC1=O)N(CCO)CCO. The van der Waals surface area contributed by atoms with Crippen LogP contribution in [0.5, 0.6) is 0 Å². The van der Waals surface area contributed by atoms with E-state index >= 15 is 0 Å². The molecular weight excluding hydrogens is 240 g/mol. The Kier molecular flexibility index (Phi) is 5.73. The first-order chi connectivity index (χ1) is 8.60. The van der Waals surface area contributed by atoms with Crippen LogP contribution in [0.2, 0.25) is 0 Å². The van der Waals surface area contributed by atoms with Crippen molar-refractivity contribution in [1.29, 1.82) is 0 Å². The Bertz CT molecular complexity index is 309. The fraction of sp³-hybridized carbons (Fsp3) is 0.727. The second kappa shape index (κ2) is 7.07. The van der Waals surface area contributed by atoms with E-state index in [0.717, 1.165) is 4.90 Å². The van der Waals surface area contributed by atoms with Gasteiger partial charge in [0, 0.05) is 38.9 Å². The van der Waals surface area contributed by atoms with Crippen molar-refractivity contribution in [2.45, 2.75) is 19.3 Å². The third-order valence-corrected chi connectivity index (χ3v) is 2.80. The van der Waals surface area contributed by atoms with Gasteiger partial charge in [0.1, 0.15) is 0 Å². The van der Waals surface area contributed by atoms with Gasteiger partial charge in [-0.05, 0) is 0 Å². The summed E-state index contributed by atoms with van der Waals surface area (Å²) >= 11 is 0. The molecule has 0 aliphatic carbocycles. The molecular formula is C11H18N2O5. The van der Waals surface area contributed by atoms with Crippen molar-refractivity contribution < 1.29 is 24.6 Å². The van der Waals surface area contributed by atoms with Crippen molar-refractivity contribution in [3.05, 3.63) is 0 Å². The predicted molar refractivity (Wildman–Crippen MR) is 61.3 cm³/mol. The van der Waals surface area contributed by atoms with Gasteiger partial charge >= 0.3 is 0 Å². The smallest absolute Gasteiger partial charge is 0.229 e. The summed E-state index contributed by atoms with van der Waals surface area (Å²) in [5.41, 5.74) is 0. The van der Waals surface area contributed by atoms with Gasteiger partial charge in [-0.2, -0.15) is 0 Å². The third-order valence-electron chi connectivity index (χ3n) is 2.80. The molecule has 1 fully saturated rings. The summed E-state index contributed by atoms with van der Waals surface area (Å²) < 4.78 is 0. The van der Waals surface area contributed by atoms with E-state index in [1.165, 1.54) is 4.90 Å². The van der Waals surface area contributed by atoms with Gasteiger partial charge in [0.15, 0.2) is 0 Å². The second-order valence-electron chi connectivity index (χ2n) is 4.02. The monoisotopic (exact) mass is 258 g/mol. The van der Waals surface area contributed by atoms with Crippen LogP contribution >= 0.6 is 0 Å². The van der Waals surface area contributed by atoms with Crippen LogP contribution in [0.25, 0.3) is 0 Å². The molecule has 0 aromatic rings. The normalized spacial score (nSPS) is 15.3. The molecule has 102 valence electrons. The highest BCUT2D eigenvalue weighted by Crippen LogP contribution is 2.12. The van der Waals surface area contributed by atoms with Gasteiger partial charge in [-0.3, -0.25) is 19.3 Å². The molecule has 0 spiro atoms. The molecule has 0 radical (unpaired) electrons. The van der Waals surface area contributed by atoms with Crippen LogP contribution in [0.4, 0.5) is 0 Å². The number of carbonyl (C=O) groups excluding carboxylic acids is 3. The first kappa shape index (κ1) is 14.6. The maximum absolute atomic E-state index is 11.7. The first-order valence-electron chi connectivity index (χ1n) is 5.92. The highest BCUT2D eigenvalue weighted by atomic mass is 16.3. The Balaban J connectivity index is 2.43. The number of aliphatic hydroxyl groups excluding tert-OH is 2. The summed E-state index contributed by atoms with van der Waals surface area (Å²) in [4.78, 5) is 36.8. The number of imide groups is 1. The van der Waals surface area contributed by atoms with E-state index in [2.05, 4.69) is 0 Å². The van der Waals surface area contributed by atoms with Crippen LogP contribution in [0.1, 0.15) is 19.3 Å². The van der Waals surface area contributed by atoms with E-state index < -0.39 is 0 Å². The van der Waals surface area contributed by atoms with Crippen LogP contribution in [0.3, 0.4) is 0 Å². The zero-order chi connectivity index (χ0) is 13.5. The lowest BCUT2D eigenvalue weighted by molar-refractivity contribution is -0.139. The molecule has 0 saturated carbocycles. The highest BCUT2D eigenvalue weighted by Gasteiger charge is 2.29. The van der Waals surface area contributed by atoms with Crippen LogP contribution in [-0.2, 0) is 14.4 Å². The number of nitrogens with zero attached hydrogens (tertiary/aromatic N) is 2. The van der Waals surface area contributed by atoms with E-state index in [1.54, 1.807) is 0 Å². The molecule has 18 heavy (non-hydrogen) atoms. The minimum absolute atomic E-state index is 0.0253. The molecule has 0 aromatic carbocycles. The quantitative estimate of drug-likeness (QED) is 0.532. The summed E-state index contributed by atoms with van der Waals surface area (Å²) in [6.07, 6.45) is 0.450. The third kappa shape index (κ3) is 3.78. The second-order valence-corrected chi connectivity index (χ2v) is 4.02.